The zero-order chi connectivity index (χ0) is 15.8. The van der Waals surface area contributed by atoms with Crippen molar-refractivity contribution in [3.05, 3.63) is 24.2 Å². The Kier molecular flexibility index (Phi) is 4.07. The van der Waals surface area contributed by atoms with Crippen molar-refractivity contribution in [1.82, 2.24) is 24.8 Å². The number of nitrogens with one attached hydrogen (secondary N) is 1. The molecule has 2 fully saturated rings. The van der Waals surface area contributed by atoms with E-state index < -0.39 is 0 Å². The molecule has 2 saturated heterocycles. The standard InChI is InChI=1S/C18H27N5/c1-13(2)22-11-7-14(8-12-22)17-21-15-5-3-10-20-18(15)23(17)16-6-4-9-19-16/h3,5,10,13-14,16,19H,4,6-9,11-12H2,1-2H3. The summed E-state index contributed by atoms with van der Waals surface area (Å²) < 4.78 is 2.40. The van der Waals surface area contributed by atoms with Gasteiger partial charge in [0.2, 0.25) is 0 Å². The Labute approximate surface area is 138 Å². The van der Waals surface area contributed by atoms with E-state index >= 15 is 0 Å². The van der Waals surface area contributed by atoms with Crippen molar-refractivity contribution < 1.29 is 0 Å². The Morgan fingerprint density at radius 3 is 2.74 bits per heavy atom. The van der Waals surface area contributed by atoms with Gasteiger partial charge in [0.05, 0.1) is 6.17 Å². The Bertz CT molecular complexity index is 663. The summed E-state index contributed by atoms with van der Waals surface area (Å²) in [6.07, 6.45) is 7.08. The number of fused-ring (bicyclic) bond motifs is 1. The van der Waals surface area contributed by atoms with Gasteiger partial charge in [0.1, 0.15) is 11.3 Å². The van der Waals surface area contributed by atoms with Gasteiger partial charge in [-0.25, -0.2) is 9.97 Å². The zero-order valence-electron chi connectivity index (χ0n) is 14.2. The van der Waals surface area contributed by atoms with Crippen molar-refractivity contribution in [1.29, 1.82) is 0 Å². The number of likely N-dealkylation sites (tertiary alicyclic amines) is 1. The van der Waals surface area contributed by atoms with Crippen LogP contribution in [0.5, 0.6) is 0 Å². The number of imidazole rings is 1. The van der Waals surface area contributed by atoms with Gasteiger partial charge in [-0.05, 0) is 71.3 Å². The second-order valence-electron chi connectivity index (χ2n) is 7.20. The Hall–Kier alpha value is -1.46. The van der Waals surface area contributed by atoms with Gasteiger partial charge >= 0.3 is 0 Å². The second-order valence-corrected chi connectivity index (χ2v) is 7.20. The maximum absolute atomic E-state index is 4.99. The molecule has 23 heavy (non-hydrogen) atoms. The molecule has 2 aromatic rings. The van der Waals surface area contributed by atoms with Crippen molar-refractivity contribution in [3.63, 3.8) is 0 Å². The maximum atomic E-state index is 4.99. The number of aromatic nitrogens is 3. The summed E-state index contributed by atoms with van der Waals surface area (Å²) in [5, 5.41) is 3.63. The molecular weight excluding hydrogens is 286 g/mol. The Morgan fingerprint density at radius 2 is 2.04 bits per heavy atom. The number of rotatable bonds is 3. The van der Waals surface area contributed by atoms with E-state index in [0.29, 0.717) is 18.1 Å². The van der Waals surface area contributed by atoms with Gasteiger partial charge in [-0.3, -0.25) is 9.88 Å². The van der Waals surface area contributed by atoms with E-state index in [-0.39, 0.29) is 0 Å². The Morgan fingerprint density at radius 1 is 1.22 bits per heavy atom. The normalized spacial score (nSPS) is 24.0. The van der Waals surface area contributed by atoms with E-state index in [1.807, 2.05) is 12.3 Å². The molecular formula is C18H27N5. The fourth-order valence-electron chi connectivity index (χ4n) is 4.10. The van der Waals surface area contributed by atoms with Crippen LogP contribution in [0.3, 0.4) is 0 Å². The first-order valence-electron chi connectivity index (χ1n) is 9.04. The lowest BCUT2D eigenvalue weighted by Gasteiger charge is -2.34. The largest absolute Gasteiger partial charge is 0.301 e. The molecule has 0 radical (unpaired) electrons. The minimum atomic E-state index is 0.369. The summed E-state index contributed by atoms with van der Waals surface area (Å²) in [4.78, 5) is 12.2. The van der Waals surface area contributed by atoms with Crippen LogP contribution in [0.25, 0.3) is 11.2 Å². The molecule has 0 aromatic carbocycles. The van der Waals surface area contributed by atoms with Crippen LogP contribution in [0.4, 0.5) is 0 Å². The summed E-state index contributed by atoms with van der Waals surface area (Å²) >= 11 is 0. The number of hydrogen-bond donors (Lipinski definition) is 1. The molecule has 5 heteroatoms. The predicted molar refractivity (Wildman–Crippen MR) is 92.5 cm³/mol. The van der Waals surface area contributed by atoms with Crippen LogP contribution < -0.4 is 5.32 Å². The van der Waals surface area contributed by atoms with Gasteiger partial charge in [0, 0.05) is 18.2 Å². The minimum Gasteiger partial charge on any atom is -0.301 e. The second kappa shape index (κ2) is 6.21. The summed E-state index contributed by atoms with van der Waals surface area (Å²) in [6, 6.07) is 4.74. The Balaban J connectivity index is 1.68. The van der Waals surface area contributed by atoms with Gasteiger partial charge in [0.15, 0.2) is 5.65 Å². The number of piperidine rings is 1. The van der Waals surface area contributed by atoms with Crippen LogP contribution in [0.15, 0.2) is 18.3 Å². The third-order valence-corrected chi connectivity index (χ3v) is 5.45. The topological polar surface area (TPSA) is 46.0 Å². The molecule has 5 nitrogen and oxygen atoms in total. The first-order valence-corrected chi connectivity index (χ1v) is 9.04. The molecule has 4 rings (SSSR count). The number of hydrogen-bond acceptors (Lipinski definition) is 4. The third-order valence-electron chi connectivity index (χ3n) is 5.45. The van der Waals surface area contributed by atoms with Crippen molar-refractivity contribution in [3.8, 4) is 0 Å². The first-order chi connectivity index (χ1) is 11.2. The van der Waals surface area contributed by atoms with Gasteiger partial charge in [0.25, 0.3) is 0 Å². The molecule has 0 aliphatic carbocycles. The van der Waals surface area contributed by atoms with Crippen LogP contribution in [-0.2, 0) is 0 Å². The molecule has 0 spiro atoms. The highest BCUT2D eigenvalue weighted by atomic mass is 15.3. The zero-order valence-corrected chi connectivity index (χ0v) is 14.2. The quantitative estimate of drug-likeness (QED) is 0.946. The first kappa shape index (κ1) is 15.1. The third kappa shape index (κ3) is 2.76. The lowest BCUT2D eigenvalue weighted by atomic mass is 9.95. The molecule has 1 unspecified atom stereocenters. The predicted octanol–water partition coefficient (Wildman–Crippen LogP) is 2.90. The van der Waals surface area contributed by atoms with E-state index in [1.54, 1.807) is 0 Å². The average Bonchev–Trinajstić information content (AvgIpc) is 3.21. The highest BCUT2D eigenvalue weighted by Crippen LogP contribution is 2.33. The molecule has 0 bridgehead atoms. The van der Waals surface area contributed by atoms with Gasteiger partial charge in [-0.1, -0.05) is 0 Å². The van der Waals surface area contributed by atoms with E-state index in [9.17, 15) is 0 Å². The van der Waals surface area contributed by atoms with Crippen molar-refractivity contribution in [2.45, 2.75) is 57.7 Å². The van der Waals surface area contributed by atoms with Crippen molar-refractivity contribution >= 4 is 11.2 Å². The molecule has 4 heterocycles. The van der Waals surface area contributed by atoms with E-state index in [1.165, 1.54) is 44.6 Å². The van der Waals surface area contributed by atoms with E-state index in [4.69, 9.17) is 4.98 Å². The van der Waals surface area contributed by atoms with Crippen molar-refractivity contribution in [2.75, 3.05) is 19.6 Å². The summed E-state index contributed by atoms with van der Waals surface area (Å²) in [7, 11) is 0. The van der Waals surface area contributed by atoms with E-state index in [0.717, 1.165) is 17.7 Å². The van der Waals surface area contributed by atoms with Gasteiger partial charge < -0.3 is 4.90 Å². The van der Waals surface area contributed by atoms with E-state index in [2.05, 4.69) is 39.7 Å². The molecule has 2 aliphatic heterocycles. The van der Waals surface area contributed by atoms with Crippen LogP contribution in [0, 0.1) is 0 Å². The van der Waals surface area contributed by atoms with Crippen LogP contribution >= 0.6 is 0 Å². The highest BCUT2D eigenvalue weighted by molar-refractivity contribution is 5.71. The van der Waals surface area contributed by atoms with Gasteiger partial charge in [-0.2, -0.15) is 0 Å². The molecule has 0 amide bonds. The number of pyridine rings is 1. The molecule has 1 atom stereocenters. The molecule has 124 valence electrons. The maximum Gasteiger partial charge on any atom is 0.161 e. The summed E-state index contributed by atoms with van der Waals surface area (Å²) in [5.41, 5.74) is 2.09. The van der Waals surface area contributed by atoms with Crippen LogP contribution in [0.2, 0.25) is 0 Å². The monoisotopic (exact) mass is 313 g/mol. The van der Waals surface area contributed by atoms with Crippen molar-refractivity contribution in [2.24, 2.45) is 0 Å². The SMILES string of the molecule is CC(C)N1CCC(c2nc3cccnc3n2C2CCCN2)CC1. The summed E-state index contributed by atoms with van der Waals surface area (Å²) in [5.74, 6) is 1.81. The lowest BCUT2D eigenvalue weighted by Crippen LogP contribution is -2.38. The fraction of sp³-hybridized carbons (Fsp3) is 0.667. The number of nitrogens with zero attached hydrogens (tertiary/aromatic N) is 4. The summed E-state index contributed by atoms with van der Waals surface area (Å²) in [6.45, 7) is 8.04. The molecule has 0 saturated carbocycles. The average molecular weight is 313 g/mol. The smallest absolute Gasteiger partial charge is 0.161 e. The molecule has 1 N–H and O–H groups in total. The van der Waals surface area contributed by atoms with Crippen LogP contribution in [0.1, 0.15) is 57.4 Å². The lowest BCUT2D eigenvalue weighted by molar-refractivity contribution is 0.167. The molecule has 2 aromatic heterocycles. The highest BCUT2D eigenvalue weighted by Gasteiger charge is 2.30. The minimum absolute atomic E-state index is 0.369. The van der Waals surface area contributed by atoms with Crippen LogP contribution in [-0.4, -0.2) is 45.1 Å². The van der Waals surface area contributed by atoms with Gasteiger partial charge in [-0.15, -0.1) is 0 Å². The molecule has 2 aliphatic rings. The fourth-order valence-corrected chi connectivity index (χ4v) is 4.10.